The molecule has 0 spiro atoms. The van der Waals surface area contributed by atoms with E-state index >= 15 is 0 Å². The van der Waals surface area contributed by atoms with Gasteiger partial charge in [-0.25, -0.2) is 4.98 Å². The molecule has 2 aromatic heterocycles. The second-order valence-corrected chi connectivity index (χ2v) is 5.84. The molecule has 5 nitrogen and oxygen atoms in total. The minimum Gasteiger partial charge on any atom is -0.479 e. The van der Waals surface area contributed by atoms with Gasteiger partial charge in [-0.1, -0.05) is 25.7 Å². The highest BCUT2D eigenvalue weighted by molar-refractivity contribution is 7.71. The summed E-state index contributed by atoms with van der Waals surface area (Å²) >= 11 is 5.39. The minimum atomic E-state index is 0.552. The lowest BCUT2D eigenvalue weighted by Crippen LogP contribution is -2.02. The van der Waals surface area contributed by atoms with Crippen molar-refractivity contribution in [2.45, 2.75) is 45.1 Å². The van der Waals surface area contributed by atoms with Crippen molar-refractivity contribution in [3.8, 4) is 5.88 Å². The number of ether oxygens (including phenoxy) is 1. The number of nitrogens with zero attached hydrogens (tertiary/aromatic N) is 3. The van der Waals surface area contributed by atoms with Crippen LogP contribution < -0.4 is 4.74 Å². The van der Waals surface area contributed by atoms with E-state index in [2.05, 4.69) is 19.5 Å². The average molecular weight is 292 g/mol. The van der Waals surface area contributed by atoms with Crippen molar-refractivity contribution < 1.29 is 4.74 Å². The summed E-state index contributed by atoms with van der Waals surface area (Å²) in [6.45, 7) is 0.912. The molecular weight excluding hydrogens is 272 g/mol. The second-order valence-electron chi connectivity index (χ2n) is 5.46. The van der Waals surface area contributed by atoms with Crippen LogP contribution in [0.25, 0.3) is 11.2 Å². The average Bonchev–Trinajstić information content (AvgIpc) is 3.07. The van der Waals surface area contributed by atoms with Gasteiger partial charge in [-0.05, 0) is 31.0 Å². The minimum absolute atomic E-state index is 0.552. The van der Waals surface area contributed by atoms with Crippen LogP contribution in [-0.2, 0) is 6.54 Å². The quantitative estimate of drug-likeness (QED) is 0.857. The summed E-state index contributed by atoms with van der Waals surface area (Å²) in [5.41, 5.74) is 1.63. The van der Waals surface area contributed by atoms with Crippen LogP contribution in [0.5, 0.6) is 5.88 Å². The van der Waals surface area contributed by atoms with Crippen molar-refractivity contribution in [2.24, 2.45) is 5.92 Å². The van der Waals surface area contributed by atoms with Gasteiger partial charge in [0, 0.05) is 6.54 Å². The third kappa shape index (κ3) is 2.57. The zero-order chi connectivity index (χ0) is 13.9. The van der Waals surface area contributed by atoms with Gasteiger partial charge in [-0.3, -0.25) is 0 Å². The first kappa shape index (κ1) is 13.5. The fraction of sp³-hybridized carbons (Fsp3) is 0.643. The fourth-order valence-corrected chi connectivity index (χ4v) is 3.42. The lowest BCUT2D eigenvalue weighted by molar-refractivity contribution is 0.401. The maximum atomic E-state index is 5.39. The van der Waals surface area contributed by atoms with Gasteiger partial charge >= 0.3 is 0 Å². The number of methoxy groups -OCH3 is 1. The summed E-state index contributed by atoms with van der Waals surface area (Å²) in [7, 11) is 1.61. The molecule has 3 rings (SSSR count). The van der Waals surface area contributed by atoms with Crippen molar-refractivity contribution in [1.29, 1.82) is 0 Å². The second kappa shape index (κ2) is 5.91. The Bertz CT molecular complexity index is 642. The highest BCUT2D eigenvalue weighted by atomic mass is 32.1. The van der Waals surface area contributed by atoms with E-state index in [0.29, 0.717) is 10.7 Å². The van der Waals surface area contributed by atoms with Crippen molar-refractivity contribution in [1.82, 2.24) is 19.5 Å². The first-order valence-electron chi connectivity index (χ1n) is 7.27. The Morgan fingerprint density at radius 1 is 1.40 bits per heavy atom. The normalized spacial score (nSPS) is 16.1. The molecule has 0 unspecified atom stereocenters. The predicted octanol–water partition coefficient (Wildman–Crippen LogP) is 3.47. The molecule has 6 heteroatoms. The molecule has 1 aliphatic carbocycles. The lowest BCUT2D eigenvalue weighted by atomic mass is 10.0. The first-order chi connectivity index (χ1) is 9.79. The van der Waals surface area contributed by atoms with E-state index in [9.17, 15) is 0 Å². The van der Waals surface area contributed by atoms with E-state index in [4.69, 9.17) is 17.0 Å². The number of imidazole rings is 1. The summed E-state index contributed by atoms with van der Waals surface area (Å²) in [5, 5.41) is 0. The molecule has 2 aromatic rings. The number of nitrogens with one attached hydrogen (secondary N) is 1. The van der Waals surface area contributed by atoms with Gasteiger partial charge in [0.2, 0.25) is 5.88 Å². The molecule has 0 amide bonds. The molecule has 0 aliphatic heterocycles. The Morgan fingerprint density at radius 3 is 2.95 bits per heavy atom. The molecule has 1 N–H and O–H groups in total. The van der Waals surface area contributed by atoms with Crippen LogP contribution in [0.1, 0.15) is 38.5 Å². The molecule has 0 bridgehead atoms. The highest BCUT2D eigenvalue weighted by Crippen LogP contribution is 2.29. The Labute approximate surface area is 123 Å². The maximum Gasteiger partial charge on any atom is 0.242 e. The summed E-state index contributed by atoms with van der Waals surface area (Å²) in [6.07, 6.45) is 9.57. The summed E-state index contributed by atoms with van der Waals surface area (Å²) in [5.74, 6) is 1.47. The largest absolute Gasteiger partial charge is 0.479 e. The van der Waals surface area contributed by atoms with Gasteiger partial charge in [-0.2, -0.15) is 4.98 Å². The van der Waals surface area contributed by atoms with Crippen LogP contribution in [0.3, 0.4) is 0 Å². The van der Waals surface area contributed by atoms with Crippen molar-refractivity contribution in [2.75, 3.05) is 7.11 Å². The van der Waals surface area contributed by atoms with Crippen LogP contribution >= 0.6 is 12.2 Å². The monoisotopic (exact) mass is 292 g/mol. The van der Waals surface area contributed by atoms with E-state index in [1.807, 2.05) is 0 Å². The molecule has 0 atom stereocenters. The van der Waals surface area contributed by atoms with Gasteiger partial charge in [0.15, 0.2) is 10.4 Å². The zero-order valence-electron chi connectivity index (χ0n) is 11.8. The van der Waals surface area contributed by atoms with Crippen LogP contribution in [0.15, 0.2) is 6.33 Å². The van der Waals surface area contributed by atoms with Crippen LogP contribution in [0, 0.1) is 10.7 Å². The molecule has 2 heterocycles. The third-order valence-electron chi connectivity index (χ3n) is 4.19. The van der Waals surface area contributed by atoms with Crippen LogP contribution in [0.2, 0.25) is 0 Å². The first-order valence-corrected chi connectivity index (χ1v) is 7.68. The lowest BCUT2D eigenvalue weighted by Gasteiger charge is -2.09. The number of fused-ring (bicyclic) bond motifs is 1. The fourth-order valence-electron chi connectivity index (χ4n) is 3.14. The van der Waals surface area contributed by atoms with Gasteiger partial charge in [0.05, 0.1) is 7.11 Å². The molecule has 0 radical (unpaired) electrons. The highest BCUT2D eigenvalue weighted by Gasteiger charge is 2.15. The number of hydrogen-bond acceptors (Lipinski definition) is 4. The zero-order valence-corrected chi connectivity index (χ0v) is 12.6. The van der Waals surface area contributed by atoms with Crippen molar-refractivity contribution in [3.63, 3.8) is 0 Å². The number of aromatic nitrogens is 4. The smallest absolute Gasteiger partial charge is 0.242 e. The SMILES string of the molecule is COc1ncnc2c1[nH]c(=S)n2CCCC1CCCC1. The Balaban J connectivity index is 1.77. The van der Waals surface area contributed by atoms with Gasteiger partial charge in [0.25, 0.3) is 0 Å². The van der Waals surface area contributed by atoms with E-state index in [0.717, 1.165) is 30.0 Å². The molecule has 108 valence electrons. The van der Waals surface area contributed by atoms with Crippen molar-refractivity contribution >= 4 is 23.4 Å². The Morgan fingerprint density at radius 2 is 2.20 bits per heavy atom. The molecule has 20 heavy (non-hydrogen) atoms. The van der Waals surface area contributed by atoms with Gasteiger partial charge < -0.3 is 14.3 Å². The van der Waals surface area contributed by atoms with E-state index in [1.54, 1.807) is 7.11 Å². The number of rotatable bonds is 5. The molecule has 0 saturated heterocycles. The van der Waals surface area contributed by atoms with E-state index in [-0.39, 0.29) is 0 Å². The van der Waals surface area contributed by atoms with Crippen molar-refractivity contribution in [3.05, 3.63) is 11.1 Å². The summed E-state index contributed by atoms with van der Waals surface area (Å²) < 4.78 is 8.00. The topological polar surface area (TPSA) is 55.7 Å². The molecule has 1 saturated carbocycles. The number of H-pyrrole nitrogens is 1. The molecule has 0 aromatic carbocycles. The molecular formula is C14H20N4OS. The van der Waals surface area contributed by atoms with Gasteiger partial charge in [-0.15, -0.1) is 0 Å². The predicted molar refractivity (Wildman–Crippen MR) is 80.5 cm³/mol. The third-order valence-corrected chi connectivity index (χ3v) is 4.51. The molecule has 1 fully saturated rings. The number of aromatic amines is 1. The van der Waals surface area contributed by atoms with Crippen LogP contribution in [-0.4, -0.2) is 26.6 Å². The Kier molecular flexibility index (Phi) is 4.00. The maximum absolute atomic E-state index is 5.39. The summed E-state index contributed by atoms with van der Waals surface area (Å²) in [6, 6.07) is 0. The number of hydrogen-bond donors (Lipinski definition) is 1. The summed E-state index contributed by atoms with van der Waals surface area (Å²) in [4.78, 5) is 11.6. The standard InChI is InChI=1S/C14H20N4OS/c1-19-13-11-12(15-9-16-13)18(14(20)17-11)8-4-7-10-5-2-3-6-10/h9-10H,2-8H2,1H3,(H,17,20). The van der Waals surface area contributed by atoms with E-state index < -0.39 is 0 Å². The molecule has 1 aliphatic rings. The number of aryl methyl sites for hydroxylation is 1. The Hall–Kier alpha value is -1.43. The van der Waals surface area contributed by atoms with Crippen LogP contribution in [0.4, 0.5) is 0 Å². The van der Waals surface area contributed by atoms with Gasteiger partial charge in [0.1, 0.15) is 11.8 Å². The van der Waals surface area contributed by atoms with E-state index in [1.165, 1.54) is 38.4 Å².